The molecule has 7 nitrogen and oxygen atoms in total. The Morgan fingerprint density at radius 2 is 2.21 bits per heavy atom. The number of nitrogens with one attached hydrogen (secondary N) is 1. The average molecular weight is 287 g/mol. The van der Waals surface area contributed by atoms with Crippen molar-refractivity contribution in [3.63, 3.8) is 0 Å². The molecule has 2 N–H and O–H groups in total. The Morgan fingerprint density at radius 1 is 1.47 bits per heavy atom. The molecule has 0 aliphatic heterocycles. The van der Waals surface area contributed by atoms with Crippen LogP contribution in [0.2, 0.25) is 0 Å². The Balaban J connectivity index is 2.42. The minimum absolute atomic E-state index is 0.0239. The van der Waals surface area contributed by atoms with Crippen LogP contribution >= 0.6 is 11.8 Å². The summed E-state index contributed by atoms with van der Waals surface area (Å²) in [6.45, 7) is 7.03. The van der Waals surface area contributed by atoms with Crippen LogP contribution in [0.1, 0.15) is 27.2 Å². The van der Waals surface area contributed by atoms with E-state index in [1.807, 2.05) is 6.92 Å². The molecule has 1 amide bonds. The first-order valence-electron chi connectivity index (χ1n) is 6.36. The molecule has 0 bridgehead atoms. The first kappa shape index (κ1) is 15.9. The predicted octanol–water partition coefficient (Wildman–Crippen LogP) is 0.308. The van der Waals surface area contributed by atoms with E-state index in [-0.39, 0.29) is 17.8 Å². The number of hydrogen-bond donors (Lipinski definition) is 2. The van der Waals surface area contributed by atoms with Gasteiger partial charge in [0, 0.05) is 6.54 Å². The lowest BCUT2D eigenvalue weighted by atomic mass is 10.1. The third-order valence-electron chi connectivity index (χ3n) is 2.48. The van der Waals surface area contributed by atoms with Crippen LogP contribution in [0, 0.1) is 5.92 Å². The third kappa shape index (κ3) is 5.56. The van der Waals surface area contributed by atoms with Crippen LogP contribution in [0.4, 0.5) is 0 Å². The predicted molar refractivity (Wildman–Crippen MR) is 72.7 cm³/mol. The molecule has 0 saturated heterocycles. The molecule has 1 unspecified atom stereocenters. The first-order valence-corrected chi connectivity index (χ1v) is 7.24. The topological polar surface area (TPSA) is 92.9 Å². The van der Waals surface area contributed by atoms with Crippen molar-refractivity contribution in [1.82, 2.24) is 25.5 Å². The van der Waals surface area contributed by atoms with Gasteiger partial charge in [-0.15, -0.1) is 5.10 Å². The SMILES string of the molecule is CC(C)CCNC(=O)C(C)Sc1nnnn1CCO. The van der Waals surface area contributed by atoms with Crippen molar-refractivity contribution < 1.29 is 9.90 Å². The highest BCUT2D eigenvalue weighted by Crippen LogP contribution is 2.19. The van der Waals surface area contributed by atoms with E-state index in [2.05, 4.69) is 34.7 Å². The fourth-order valence-corrected chi connectivity index (χ4v) is 2.20. The summed E-state index contributed by atoms with van der Waals surface area (Å²) in [5.41, 5.74) is 0. The molecule has 1 atom stereocenters. The normalized spacial score (nSPS) is 12.7. The lowest BCUT2D eigenvalue weighted by molar-refractivity contribution is -0.120. The fraction of sp³-hybridized carbons (Fsp3) is 0.818. The maximum Gasteiger partial charge on any atom is 0.233 e. The van der Waals surface area contributed by atoms with Gasteiger partial charge in [-0.2, -0.15) is 0 Å². The van der Waals surface area contributed by atoms with E-state index in [1.165, 1.54) is 16.4 Å². The molecule has 1 aromatic heterocycles. The van der Waals surface area contributed by atoms with E-state index < -0.39 is 0 Å². The number of rotatable bonds is 8. The van der Waals surface area contributed by atoms with Crippen molar-refractivity contribution in [2.24, 2.45) is 5.92 Å². The monoisotopic (exact) mass is 287 g/mol. The molecule has 19 heavy (non-hydrogen) atoms. The summed E-state index contributed by atoms with van der Waals surface area (Å²) in [7, 11) is 0. The highest BCUT2D eigenvalue weighted by atomic mass is 32.2. The Morgan fingerprint density at radius 3 is 2.84 bits per heavy atom. The minimum atomic E-state index is -0.268. The fourth-order valence-electron chi connectivity index (χ4n) is 1.36. The van der Waals surface area contributed by atoms with Crippen molar-refractivity contribution >= 4 is 17.7 Å². The van der Waals surface area contributed by atoms with Gasteiger partial charge in [0.05, 0.1) is 18.4 Å². The van der Waals surface area contributed by atoms with Gasteiger partial charge in [0.1, 0.15) is 0 Å². The van der Waals surface area contributed by atoms with E-state index in [4.69, 9.17) is 5.11 Å². The molecule has 0 aliphatic carbocycles. The van der Waals surface area contributed by atoms with E-state index in [1.54, 1.807) is 0 Å². The Hall–Kier alpha value is -1.15. The molecular weight excluding hydrogens is 266 g/mol. The van der Waals surface area contributed by atoms with Gasteiger partial charge in [-0.05, 0) is 29.7 Å². The summed E-state index contributed by atoms with van der Waals surface area (Å²) in [4.78, 5) is 11.9. The lowest BCUT2D eigenvalue weighted by Crippen LogP contribution is -2.32. The molecule has 1 rings (SSSR count). The largest absolute Gasteiger partial charge is 0.394 e. The number of thioether (sulfide) groups is 1. The number of amides is 1. The van der Waals surface area contributed by atoms with Crippen molar-refractivity contribution in [2.45, 2.75) is 44.1 Å². The zero-order valence-corrected chi connectivity index (χ0v) is 12.4. The molecule has 1 aromatic rings. The number of aromatic nitrogens is 4. The standard InChI is InChI=1S/C11H21N5O2S/c1-8(2)4-5-12-10(18)9(3)19-11-13-14-15-16(11)6-7-17/h8-9,17H,4-7H2,1-3H3,(H,12,18). The molecule has 0 radical (unpaired) electrons. The van der Waals surface area contributed by atoms with Crippen LogP contribution in [0.25, 0.3) is 0 Å². The van der Waals surface area contributed by atoms with Gasteiger partial charge in [-0.1, -0.05) is 25.6 Å². The number of carbonyl (C=O) groups excluding carboxylic acids is 1. The molecule has 0 fully saturated rings. The van der Waals surface area contributed by atoms with Gasteiger partial charge in [-0.3, -0.25) is 4.79 Å². The second-order valence-electron chi connectivity index (χ2n) is 4.64. The number of aliphatic hydroxyl groups excluding tert-OH is 1. The quantitative estimate of drug-likeness (QED) is 0.668. The molecule has 0 aromatic carbocycles. The van der Waals surface area contributed by atoms with Crippen molar-refractivity contribution in [1.29, 1.82) is 0 Å². The number of carbonyl (C=O) groups is 1. The average Bonchev–Trinajstić information content (AvgIpc) is 2.76. The van der Waals surface area contributed by atoms with Crippen molar-refractivity contribution in [3.05, 3.63) is 0 Å². The smallest absolute Gasteiger partial charge is 0.233 e. The molecule has 8 heteroatoms. The zero-order chi connectivity index (χ0) is 14.3. The second-order valence-corrected chi connectivity index (χ2v) is 5.95. The van der Waals surface area contributed by atoms with E-state index in [9.17, 15) is 4.79 Å². The molecule has 0 spiro atoms. The first-order chi connectivity index (χ1) is 9.04. The van der Waals surface area contributed by atoms with E-state index in [0.717, 1.165) is 6.42 Å². The summed E-state index contributed by atoms with van der Waals surface area (Å²) in [5.74, 6) is 0.546. The summed E-state index contributed by atoms with van der Waals surface area (Å²) < 4.78 is 1.49. The maximum atomic E-state index is 11.9. The highest BCUT2D eigenvalue weighted by Gasteiger charge is 2.18. The lowest BCUT2D eigenvalue weighted by Gasteiger charge is -2.12. The molecule has 0 saturated carbocycles. The summed E-state index contributed by atoms with van der Waals surface area (Å²) in [6, 6.07) is 0. The number of tetrazole rings is 1. The molecule has 108 valence electrons. The van der Waals surface area contributed by atoms with Gasteiger partial charge >= 0.3 is 0 Å². The van der Waals surface area contributed by atoms with Gasteiger partial charge < -0.3 is 10.4 Å². The number of aliphatic hydroxyl groups is 1. The molecular formula is C11H21N5O2S. The van der Waals surface area contributed by atoms with Crippen LogP contribution in [0.15, 0.2) is 5.16 Å². The summed E-state index contributed by atoms with van der Waals surface area (Å²) >= 11 is 1.29. The Labute approximate surface area is 117 Å². The van der Waals surface area contributed by atoms with Crippen LogP contribution < -0.4 is 5.32 Å². The Kier molecular flexibility index (Phi) is 6.79. The third-order valence-corrected chi connectivity index (χ3v) is 3.55. The maximum absolute atomic E-state index is 11.9. The van der Waals surface area contributed by atoms with Crippen LogP contribution in [-0.4, -0.2) is 49.6 Å². The van der Waals surface area contributed by atoms with Crippen molar-refractivity contribution in [2.75, 3.05) is 13.2 Å². The number of hydrogen-bond acceptors (Lipinski definition) is 6. The van der Waals surface area contributed by atoms with Crippen LogP contribution in [0.3, 0.4) is 0 Å². The Bertz CT molecular complexity index is 396. The summed E-state index contributed by atoms with van der Waals surface area (Å²) in [5, 5.41) is 23.2. The highest BCUT2D eigenvalue weighted by molar-refractivity contribution is 8.00. The van der Waals surface area contributed by atoms with Gasteiger partial charge in [0.2, 0.25) is 11.1 Å². The second kappa shape index (κ2) is 8.11. The zero-order valence-electron chi connectivity index (χ0n) is 11.5. The van der Waals surface area contributed by atoms with Gasteiger partial charge in [-0.25, -0.2) is 4.68 Å². The van der Waals surface area contributed by atoms with Crippen molar-refractivity contribution in [3.8, 4) is 0 Å². The molecule has 0 aliphatic rings. The van der Waals surface area contributed by atoms with E-state index in [0.29, 0.717) is 24.2 Å². The number of nitrogens with zero attached hydrogens (tertiary/aromatic N) is 4. The van der Waals surface area contributed by atoms with Crippen LogP contribution in [0.5, 0.6) is 0 Å². The van der Waals surface area contributed by atoms with Gasteiger partial charge in [0.25, 0.3) is 0 Å². The van der Waals surface area contributed by atoms with Crippen LogP contribution in [-0.2, 0) is 11.3 Å². The molecule has 1 heterocycles. The van der Waals surface area contributed by atoms with E-state index >= 15 is 0 Å². The van der Waals surface area contributed by atoms with Gasteiger partial charge in [0.15, 0.2) is 0 Å². The minimum Gasteiger partial charge on any atom is -0.394 e. The summed E-state index contributed by atoms with van der Waals surface area (Å²) in [6.07, 6.45) is 0.964.